The van der Waals surface area contributed by atoms with Crippen molar-refractivity contribution in [1.82, 2.24) is 0 Å². The summed E-state index contributed by atoms with van der Waals surface area (Å²) in [6.45, 7) is 1.68. The van der Waals surface area contributed by atoms with Crippen molar-refractivity contribution in [1.29, 1.82) is 0 Å². The number of halogens is 4. The van der Waals surface area contributed by atoms with Gasteiger partial charge in [0.1, 0.15) is 5.82 Å². The minimum absolute atomic E-state index is 0.133. The zero-order valence-corrected chi connectivity index (χ0v) is 17.6. The lowest BCUT2D eigenvalue weighted by molar-refractivity contribution is -0.137. The molecular weight excluding hydrogens is 448 g/mol. The molecule has 0 spiro atoms. The van der Waals surface area contributed by atoms with E-state index < -0.39 is 39.1 Å². The molecule has 32 heavy (non-hydrogen) atoms. The van der Waals surface area contributed by atoms with Crippen molar-refractivity contribution >= 4 is 15.8 Å². The number of carbonyl (C=O) groups is 1. The molecule has 3 aromatic rings. The second-order valence-corrected chi connectivity index (χ2v) is 9.08. The van der Waals surface area contributed by atoms with Crippen LogP contribution in [0.15, 0.2) is 65.6 Å². The Labute approximate surface area is 182 Å². The molecule has 0 aliphatic rings. The summed E-state index contributed by atoms with van der Waals surface area (Å²) >= 11 is 0. The highest BCUT2D eigenvalue weighted by Crippen LogP contribution is 2.35. The number of benzene rings is 3. The number of alkyl halides is 3. The SMILES string of the molecule is CCc1ccc(C(=O)O)cc1S(=O)(=O)Cc1cc(C(F)(F)F)ccc1-c1cccc(F)c1. The molecule has 3 rings (SSSR count). The fraction of sp³-hybridized carbons (Fsp3) is 0.174. The van der Waals surface area contributed by atoms with Gasteiger partial charge >= 0.3 is 12.1 Å². The molecule has 0 aliphatic carbocycles. The van der Waals surface area contributed by atoms with Gasteiger partial charge in [-0.25, -0.2) is 17.6 Å². The van der Waals surface area contributed by atoms with Gasteiger partial charge in [0.2, 0.25) is 0 Å². The third kappa shape index (κ3) is 4.99. The molecule has 0 aliphatic heterocycles. The van der Waals surface area contributed by atoms with Gasteiger partial charge in [-0.1, -0.05) is 31.2 Å². The molecule has 0 bridgehead atoms. The van der Waals surface area contributed by atoms with E-state index in [0.29, 0.717) is 5.56 Å². The van der Waals surface area contributed by atoms with Crippen molar-refractivity contribution in [3.8, 4) is 11.1 Å². The van der Waals surface area contributed by atoms with Crippen LogP contribution in [0.1, 0.15) is 34.0 Å². The van der Waals surface area contributed by atoms with Gasteiger partial charge in [-0.2, -0.15) is 13.2 Å². The van der Waals surface area contributed by atoms with E-state index >= 15 is 0 Å². The van der Waals surface area contributed by atoms with Crippen LogP contribution >= 0.6 is 0 Å². The zero-order chi connectivity index (χ0) is 23.7. The maximum atomic E-state index is 13.7. The van der Waals surface area contributed by atoms with Crippen LogP contribution in [-0.2, 0) is 28.2 Å². The normalized spacial score (nSPS) is 12.0. The van der Waals surface area contributed by atoms with Gasteiger partial charge in [0, 0.05) is 0 Å². The van der Waals surface area contributed by atoms with E-state index in [2.05, 4.69) is 0 Å². The lowest BCUT2D eigenvalue weighted by atomic mass is 9.98. The molecule has 3 aromatic carbocycles. The largest absolute Gasteiger partial charge is 0.478 e. The van der Waals surface area contributed by atoms with Crippen LogP contribution in [0.3, 0.4) is 0 Å². The summed E-state index contributed by atoms with van der Waals surface area (Å²) < 4.78 is 80.1. The molecule has 0 amide bonds. The first-order chi connectivity index (χ1) is 14.9. The fourth-order valence-corrected chi connectivity index (χ4v) is 5.10. The lowest BCUT2D eigenvalue weighted by Crippen LogP contribution is -2.12. The predicted octanol–water partition coefficient (Wildman–Crippen LogP) is 5.75. The van der Waals surface area contributed by atoms with Crippen molar-refractivity contribution in [2.24, 2.45) is 0 Å². The molecule has 168 valence electrons. The Hall–Kier alpha value is -3.20. The average molecular weight is 466 g/mol. The monoisotopic (exact) mass is 466 g/mol. The van der Waals surface area contributed by atoms with Crippen LogP contribution in [0.25, 0.3) is 11.1 Å². The van der Waals surface area contributed by atoms with E-state index in [1.807, 2.05) is 0 Å². The molecular formula is C23H18F4O4S. The predicted molar refractivity (Wildman–Crippen MR) is 111 cm³/mol. The van der Waals surface area contributed by atoms with Crippen LogP contribution in [0.5, 0.6) is 0 Å². The molecule has 4 nitrogen and oxygen atoms in total. The Morgan fingerprint density at radius 2 is 1.69 bits per heavy atom. The summed E-state index contributed by atoms with van der Waals surface area (Å²) in [6, 6.07) is 11.4. The Bertz CT molecular complexity index is 1280. The molecule has 0 unspecified atom stereocenters. The summed E-state index contributed by atoms with van der Waals surface area (Å²) in [7, 11) is -4.24. The van der Waals surface area contributed by atoms with Gasteiger partial charge in [0.25, 0.3) is 0 Å². The zero-order valence-electron chi connectivity index (χ0n) is 16.8. The maximum absolute atomic E-state index is 13.7. The van der Waals surface area contributed by atoms with Gasteiger partial charge in [0.05, 0.1) is 21.8 Å². The van der Waals surface area contributed by atoms with E-state index in [4.69, 9.17) is 0 Å². The van der Waals surface area contributed by atoms with Crippen LogP contribution < -0.4 is 0 Å². The Kier molecular flexibility index (Phi) is 6.41. The van der Waals surface area contributed by atoms with Crippen molar-refractivity contribution < 1.29 is 35.9 Å². The second-order valence-electron chi connectivity index (χ2n) is 7.12. The first kappa shape index (κ1) is 23.5. The van der Waals surface area contributed by atoms with Crippen LogP contribution in [0.2, 0.25) is 0 Å². The van der Waals surface area contributed by atoms with Gasteiger partial charge in [0.15, 0.2) is 9.84 Å². The number of carboxylic acids is 1. The van der Waals surface area contributed by atoms with Crippen molar-refractivity contribution in [3.63, 3.8) is 0 Å². The quantitative estimate of drug-likeness (QED) is 0.470. The van der Waals surface area contributed by atoms with E-state index in [1.165, 1.54) is 24.3 Å². The highest BCUT2D eigenvalue weighted by atomic mass is 32.2. The van der Waals surface area contributed by atoms with Crippen molar-refractivity contribution in [3.05, 3.63) is 88.7 Å². The Morgan fingerprint density at radius 3 is 2.28 bits per heavy atom. The minimum Gasteiger partial charge on any atom is -0.478 e. The number of carboxylic acid groups (broad SMARTS) is 1. The van der Waals surface area contributed by atoms with Gasteiger partial charge in [-0.15, -0.1) is 0 Å². The first-order valence-corrected chi connectivity index (χ1v) is 11.1. The third-order valence-corrected chi connectivity index (χ3v) is 6.68. The molecule has 0 saturated carbocycles. The highest BCUT2D eigenvalue weighted by Gasteiger charge is 2.32. The van der Waals surface area contributed by atoms with E-state index in [9.17, 15) is 35.9 Å². The third-order valence-electron chi connectivity index (χ3n) is 4.94. The second kappa shape index (κ2) is 8.74. The molecule has 1 N–H and O–H groups in total. The summed E-state index contributed by atoms with van der Waals surface area (Å²) in [5.74, 6) is -2.78. The standard InChI is InChI=1S/C23H18F4O4S/c1-2-14-6-7-16(22(28)29)12-21(14)32(30,31)13-17-10-18(23(25,26)27)8-9-20(17)15-4-3-5-19(24)11-15/h3-12H,2,13H2,1H3,(H,28,29). The number of rotatable bonds is 6. The van der Waals surface area contributed by atoms with Crippen LogP contribution in [0.4, 0.5) is 17.6 Å². The van der Waals surface area contributed by atoms with E-state index in [0.717, 1.165) is 36.4 Å². The summed E-state index contributed by atoms with van der Waals surface area (Å²) in [5, 5.41) is 9.22. The summed E-state index contributed by atoms with van der Waals surface area (Å²) in [5.41, 5.74) is -0.775. The van der Waals surface area contributed by atoms with Crippen molar-refractivity contribution in [2.45, 2.75) is 30.2 Å². The number of sulfone groups is 1. The van der Waals surface area contributed by atoms with Gasteiger partial charge < -0.3 is 5.11 Å². The van der Waals surface area contributed by atoms with E-state index in [-0.39, 0.29) is 33.6 Å². The maximum Gasteiger partial charge on any atom is 0.416 e. The summed E-state index contributed by atoms with van der Waals surface area (Å²) in [6.07, 6.45) is -4.44. The number of hydrogen-bond donors (Lipinski definition) is 1. The molecule has 0 radical (unpaired) electrons. The molecule has 9 heteroatoms. The van der Waals surface area contributed by atoms with Gasteiger partial charge in [-0.05, 0) is 65.1 Å². The summed E-state index contributed by atoms with van der Waals surface area (Å²) in [4.78, 5) is 11.0. The first-order valence-electron chi connectivity index (χ1n) is 9.47. The van der Waals surface area contributed by atoms with Gasteiger partial charge in [-0.3, -0.25) is 0 Å². The molecule has 0 fully saturated rings. The van der Waals surface area contributed by atoms with Crippen molar-refractivity contribution in [2.75, 3.05) is 0 Å². The van der Waals surface area contributed by atoms with Crippen LogP contribution in [-0.4, -0.2) is 19.5 Å². The Morgan fingerprint density at radius 1 is 0.969 bits per heavy atom. The van der Waals surface area contributed by atoms with Crippen LogP contribution in [0, 0.1) is 5.82 Å². The number of hydrogen-bond acceptors (Lipinski definition) is 3. The smallest absolute Gasteiger partial charge is 0.416 e. The Balaban J connectivity index is 2.18. The molecule has 0 aromatic heterocycles. The number of aryl methyl sites for hydroxylation is 1. The highest BCUT2D eigenvalue weighted by molar-refractivity contribution is 7.90. The van der Waals surface area contributed by atoms with E-state index in [1.54, 1.807) is 6.92 Å². The lowest BCUT2D eigenvalue weighted by Gasteiger charge is -2.16. The molecule has 0 heterocycles. The minimum atomic E-state index is -4.71. The number of aromatic carboxylic acids is 1. The molecule has 0 saturated heterocycles. The fourth-order valence-electron chi connectivity index (χ4n) is 3.38. The average Bonchev–Trinajstić information content (AvgIpc) is 2.72. The topological polar surface area (TPSA) is 71.4 Å². The molecule has 0 atom stereocenters.